The molecule has 2 aliphatic rings. The van der Waals surface area contributed by atoms with E-state index in [1.54, 1.807) is 0 Å². The molecule has 0 bridgehead atoms. The summed E-state index contributed by atoms with van der Waals surface area (Å²) in [6.45, 7) is 1.89. The number of morpholine rings is 1. The van der Waals surface area contributed by atoms with Gasteiger partial charge in [0.05, 0.1) is 39.9 Å². The second-order valence-electron chi connectivity index (χ2n) is 5.51. The van der Waals surface area contributed by atoms with Crippen LogP contribution in [0.4, 0.5) is 10.2 Å². The quantitative estimate of drug-likeness (QED) is 0.506. The minimum atomic E-state index is -1.45. The van der Waals surface area contributed by atoms with Gasteiger partial charge in [-0.25, -0.2) is 14.4 Å². The molecule has 1 aromatic heterocycles. The fraction of sp³-hybridized carbons (Fsp3) is 0.429. The van der Waals surface area contributed by atoms with Crippen LogP contribution in [0.1, 0.15) is 0 Å². The lowest BCUT2D eigenvalue weighted by Crippen LogP contribution is -2.48. The van der Waals surface area contributed by atoms with E-state index >= 15 is 0 Å². The number of benzene rings is 1. The molecule has 0 spiro atoms. The second-order valence-corrected chi connectivity index (χ2v) is 7.96. The standard InChI is InChI=1S/C14H12BrClFN3O3S/c1-24(21)14-18-11-7-12(9(16)8(15)10(11)17)23-5-6-4-22-3-2-20(6)13(7)19-14/h6H,2-5H2,1H3/t6-,24?/m0/s1. The van der Waals surface area contributed by atoms with Gasteiger partial charge in [-0.2, -0.15) is 0 Å². The SMILES string of the molecule is CS(=O)c1nc2c3c(c(Cl)c(Br)c(F)c3n1)OC[C@@H]1COCCN21. The Bertz CT molecular complexity index is 884. The van der Waals surface area contributed by atoms with Crippen molar-refractivity contribution in [2.45, 2.75) is 11.2 Å². The Kier molecular flexibility index (Phi) is 4.14. The Morgan fingerprint density at radius 2 is 2.21 bits per heavy atom. The number of anilines is 1. The Morgan fingerprint density at radius 1 is 1.42 bits per heavy atom. The van der Waals surface area contributed by atoms with Crippen LogP contribution in [-0.2, 0) is 15.5 Å². The van der Waals surface area contributed by atoms with Crippen molar-refractivity contribution < 1.29 is 18.1 Å². The highest BCUT2D eigenvalue weighted by atomic mass is 79.9. The summed E-state index contributed by atoms with van der Waals surface area (Å²) >= 11 is 9.42. The summed E-state index contributed by atoms with van der Waals surface area (Å²) in [7, 11) is -1.45. The first kappa shape index (κ1) is 16.4. The summed E-state index contributed by atoms with van der Waals surface area (Å²) in [5.74, 6) is 0.196. The number of hydrogen-bond acceptors (Lipinski definition) is 6. The molecule has 2 atom stereocenters. The molecule has 0 N–H and O–H groups in total. The van der Waals surface area contributed by atoms with E-state index in [2.05, 4.69) is 25.9 Å². The lowest BCUT2D eigenvalue weighted by atomic mass is 10.1. The van der Waals surface area contributed by atoms with Crippen molar-refractivity contribution in [1.29, 1.82) is 0 Å². The summed E-state index contributed by atoms with van der Waals surface area (Å²) in [5.41, 5.74) is 0.0450. The molecule has 3 heterocycles. The van der Waals surface area contributed by atoms with E-state index in [9.17, 15) is 8.60 Å². The Morgan fingerprint density at radius 3 is 2.96 bits per heavy atom. The van der Waals surface area contributed by atoms with Crippen molar-refractivity contribution in [3.63, 3.8) is 0 Å². The molecule has 1 saturated heterocycles. The summed E-state index contributed by atoms with van der Waals surface area (Å²) in [6, 6.07) is -0.0831. The molecule has 24 heavy (non-hydrogen) atoms. The van der Waals surface area contributed by atoms with Crippen molar-refractivity contribution >= 4 is 55.1 Å². The van der Waals surface area contributed by atoms with Gasteiger partial charge in [0.2, 0.25) is 5.16 Å². The van der Waals surface area contributed by atoms with E-state index in [0.29, 0.717) is 43.3 Å². The van der Waals surface area contributed by atoms with E-state index in [4.69, 9.17) is 21.1 Å². The molecule has 2 aliphatic heterocycles. The van der Waals surface area contributed by atoms with Gasteiger partial charge in [-0.05, 0) is 15.9 Å². The van der Waals surface area contributed by atoms with Crippen molar-refractivity contribution in [2.24, 2.45) is 0 Å². The molecular formula is C14H12BrClFN3O3S. The van der Waals surface area contributed by atoms with Gasteiger partial charge in [-0.15, -0.1) is 0 Å². The molecule has 2 aromatic rings. The number of hydrogen-bond donors (Lipinski definition) is 0. The highest BCUT2D eigenvalue weighted by molar-refractivity contribution is 9.10. The van der Waals surface area contributed by atoms with Crippen LogP contribution >= 0.6 is 27.5 Å². The van der Waals surface area contributed by atoms with Crippen LogP contribution in [0.25, 0.3) is 10.9 Å². The van der Waals surface area contributed by atoms with Gasteiger partial charge in [0, 0.05) is 12.8 Å². The molecule has 1 unspecified atom stereocenters. The highest BCUT2D eigenvalue weighted by Crippen LogP contribution is 2.46. The highest BCUT2D eigenvalue weighted by Gasteiger charge is 2.34. The summed E-state index contributed by atoms with van der Waals surface area (Å²) in [4.78, 5) is 10.6. The van der Waals surface area contributed by atoms with E-state index in [-0.39, 0.29) is 26.2 Å². The normalized spacial score (nSPS) is 21.2. The zero-order valence-corrected chi connectivity index (χ0v) is 15.7. The van der Waals surface area contributed by atoms with Gasteiger partial charge in [0.1, 0.15) is 23.0 Å². The third-order valence-electron chi connectivity index (χ3n) is 4.07. The van der Waals surface area contributed by atoms with Crippen LogP contribution in [0, 0.1) is 5.82 Å². The predicted molar refractivity (Wildman–Crippen MR) is 92.0 cm³/mol. The second kappa shape index (κ2) is 6.05. The minimum absolute atomic E-state index is 0.0450. The Balaban J connectivity index is 2.11. The van der Waals surface area contributed by atoms with Crippen LogP contribution in [0.5, 0.6) is 5.75 Å². The molecule has 0 radical (unpaired) electrons. The first-order valence-corrected chi connectivity index (χ1v) is 9.90. The molecule has 1 fully saturated rings. The topological polar surface area (TPSA) is 64.5 Å². The minimum Gasteiger partial charge on any atom is -0.489 e. The van der Waals surface area contributed by atoms with Crippen molar-refractivity contribution in [3.05, 3.63) is 15.3 Å². The Labute approximate surface area is 152 Å². The molecule has 0 saturated carbocycles. The van der Waals surface area contributed by atoms with Gasteiger partial charge in [-0.3, -0.25) is 4.21 Å². The van der Waals surface area contributed by atoms with Gasteiger partial charge >= 0.3 is 0 Å². The fourth-order valence-corrected chi connectivity index (χ4v) is 3.96. The van der Waals surface area contributed by atoms with E-state index < -0.39 is 16.6 Å². The van der Waals surface area contributed by atoms with E-state index in [0.717, 1.165) is 0 Å². The number of nitrogens with zero attached hydrogens (tertiary/aromatic N) is 3. The molecule has 0 aliphatic carbocycles. The average molecular weight is 437 g/mol. The van der Waals surface area contributed by atoms with Crippen LogP contribution in [0.2, 0.25) is 5.02 Å². The number of halogens is 3. The lowest BCUT2D eigenvalue weighted by Gasteiger charge is -2.34. The first-order chi connectivity index (χ1) is 11.5. The number of rotatable bonds is 1. The number of ether oxygens (including phenoxy) is 2. The first-order valence-electron chi connectivity index (χ1n) is 7.18. The molecule has 4 rings (SSSR count). The molecule has 6 nitrogen and oxygen atoms in total. The van der Waals surface area contributed by atoms with E-state index in [1.165, 1.54) is 6.26 Å². The monoisotopic (exact) mass is 435 g/mol. The molecule has 1 aromatic carbocycles. The van der Waals surface area contributed by atoms with Crippen LogP contribution < -0.4 is 9.64 Å². The van der Waals surface area contributed by atoms with Crippen molar-refractivity contribution in [1.82, 2.24) is 9.97 Å². The van der Waals surface area contributed by atoms with Crippen LogP contribution in [0.3, 0.4) is 0 Å². The maximum Gasteiger partial charge on any atom is 0.220 e. The summed E-state index contributed by atoms with van der Waals surface area (Å²) < 4.78 is 38.1. The van der Waals surface area contributed by atoms with Gasteiger partial charge in [0.15, 0.2) is 11.6 Å². The lowest BCUT2D eigenvalue weighted by molar-refractivity contribution is 0.0782. The largest absolute Gasteiger partial charge is 0.489 e. The van der Waals surface area contributed by atoms with Gasteiger partial charge < -0.3 is 14.4 Å². The zero-order valence-electron chi connectivity index (χ0n) is 12.5. The molecule has 10 heteroatoms. The summed E-state index contributed by atoms with van der Waals surface area (Å²) in [6.07, 6.45) is 1.46. The smallest absolute Gasteiger partial charge is 0.220 e. The number of fused-ring (bicyclic) bond motifs is 2. The van der Waals surface area contributed by atoms with E-state index in [1.807, 2.05) is 4.90 Å². The maximum atomic E-state index is 14.8. The van der Waals surface area contributed by atoms with Crippen molar-refractivity contribution in [3.8, 4) is 5.75 Å². The maximum absolute atomic E-state index is 14.8. The predicted octanol–water partition coefficient (Wildman–Crippen LogP) is 2.52. The van der Waals surface area contributed by atoms with Crippen LogP contribution in [-0.4, -0.2) is 52.8 Å². The zero-order chi connectivity index (χ0) is 17.0. The molecular weight excluding hydrogens is 425 g/mol. The Hall–Kier alpha value is -1.03. The molecule has 0 amide bonds. The molecule has 128 valence electrons. The summed E-state index contributed by atoms with van der Waals surface area (Å²) in [5, 5.41) is 0.610. The van der Waals surface area contributed by atoms with Gasteiger partial charge in [-0.1, -0.05) is 11.6 Å². The van der Waals surface area contributed by atoms with Crippen LogP contribution in [0.15, 0.2) is 9.63 Å². The number of aromatic nitrogens is 2. The van der Waals surface area contributed by atoms with Crippen molar-refractivity contribution in [2.75, 3.05) is 37.5 Å². The third-order valence-corrected chi connectivity index (χ3v) is 6.10. The third kappa shape index (κ3) is 2.40. The average Bonchev–Trinajstić information content (AvgIpc) is 2.75. The van der Waals surface area contributed by atoms with Gasteiger partial charge in [0.25, 0.3) is 0 Å². The fourth-order valence-electron chi connectivity index (χ4n) is 2.93.